The smallest absolute Gasteiger partial charge is 0.407 e. The first-order valence-corrected chi connectivity index (χ1v) is 6.30. The third-order valence-electron chi connectivity index (χ3n) is 2.81. The lowest BCUT2D eigenvalue weighted by Gasteiger charge is -2.24. The van der Waals surface area contributed by atoms with Crippen LogP contribution in [0, 0.1) is 5.92 Å². The summed E-state index contributed by atoms with van der Waals surface area (Å²) in [6.07, 6.45) is -2.42. The van der Waals surface area contributed by atoms with Gasteiger partial charge in [0, 0.05) is 0 Å². The lowest BCUT2D eigenvalue weighted by Crippen LogP contribution is -2.50. The second-order valence-corrected chi connectivity index (χ2v) is 4.76. The van der Waals surface area contributed by atoms with Gasteiger partial charge in [0.1, 0.15) is 6.61 Å². The first kappa shape index (κ1) is 16.0. The molecule has 3 N–H and O–H groups in total. The molecule has 0 spiro atoms. The number of amides is 1. The molecule has 0 fully saturated rings. The van der Waals surface area contributed by atoms with E-state index >= 15 is 0 Å². The number of carboxylic acid groups (broad SMARTS) is 1. The van der Waals surface area contributed by atoms with Crippen molar-refractivity contribution in [1.29, 1.82) is 0 Å². The van der Waals surface area contributed by atoms with Gasteiger partial charge in [-0.05, 0) is 11.5 Å². The largest absolute Gasteiger partial charge is 0.479 e. The molecule has 20 heavy (non-hydrogen) atoms. The lowest BCUT2D eigenvalue weighted by atomic mass is 9.99. The maximum absolute atomic E-state index is 11.6. The summed E-state index contributed by atoms with van der Waals surface area (Å²) in [5.41, 5.74) is 0.822. The van der Waals surface area contributed by atoms with Crippen molar-refractivity contribution >= 4 is 12.1 Å². The van der Waals surface area contributed by atoms with E-state index in [1.54, 1.807) is 26.0 Å². The monoisotopic (exact) mass is 281 g/mol. The van der Waals surface area contributed by atoms with Crippen molar-refractivity contribution in [3.05, 3.63) is 35.9 Å². The number of aliphatic hydroxyl groups excluding tert-OH is 1. The molecular weight excluding hydrogens is 262 g/mol. The molecule has 0 heterocycles. The molecule has 1 amide bonds. The molecule has 6 heteroatoms. The van der Waals surface area contributed by atoms with E-state index in [1.807, 2.05) is 18.2 Å². The van der Waals surface area contributed by atoms with Crippen LogP contribution in [0.5, 0.6) is 0 Å². The Kier molecular flexibility index (Phi) is 5.99. The highest BCUT2D eigenvalue weighted by Gasteiger charge is 2.30. The molecule has 0 aromatic heterocycles. The van der Waals surface area contributed by atoms with E-state index in [-0.39, 0.29) is 12.5 Å². The van der Waals surface area contributed by atoms with Crippen molar-refractivity contribution in [2.24, 2.45) is 5.92 Å². The Bertz CT molecular complexity index is 446. The molecule has 1 rings (SSSR count). The molecule has 0 saturated heterocycles. The zero-order valence-electron chi connectivity index (χ0n) is 11.4. The minimum absolute atomic E-state index is 0.0840. The third kappa shape index (κ3) is 4.89. The van der Waals surface area contributed by atoms with Crippen LogP contribution >= 0.6 is 0 Å². The number of rotatable bonds is 6. The summed E-state index contributed by atoms with van der Waals surface area (Å²) in [4.78, 5) is 22.4. The van der Waals surface area contributed by atoms with Crippen molar-refractivity contribution in [2.75, 3.05) is 0 Å². The number of benzene rings is 1. The normalized spacial score (nSPS) is 13.6. The molecule has 1 aromatic carbocycles. The highest BCUT2D eigenvalue weighted by atomic mass is 16.5. The summed E-state index contributed by atoms with van der Waals surface area (Å²) in [6, 6.07) is 8.19. The number of carboxylic acids is 1. The van der Waals surface area contributed by atoms with E-state index in [9.17, 15) is 14.7 Å². The average molecular weight is 281 g/mol. The summed E-state index contributed by atoms with van der Waals surface area (Å²) in [5, 5.41) is 20.7. The predicted molar refractivity (Wildman–Crippen MR) is 72.0 cm³/mol. The molecule has 1 aromatic rings. The number of aliphatic carboxylic acids is 1. The van der Waals surface area contributed by atoms with Gasteiger partial charge in [-0.25, -0.2) is 9.59 Å². The Labute approximate surface area is 117 Å². The number of hydrogen-bond donors (Lipinski definition) is 3. The maximum atomic E-state index is 11.6. The SMILES string of the molecule is CC(C)C(NC(=O)OCc1ccccc1)C(O)C(=O)O. The Hall–Kier alpha value is -2.08. The van der Waals surface area contributed by atoms with Gasteiger partial charge < -0.3 is 20.3 Å². The molecule has 110 valence electrons. The number of carbonyl (C=O) groups is 2. The number of alkyl carbamates (subject to hydrolysis) is 1. The van der Waals surface area contributed by atoms with Crippen molar-refractivity contribution in [3.63, 3.8) is 0 Å². The van der Waals surface area contributed by atoms with Crippen LogP contribution < -0.4 is 5.32 Å². The molecule has 0 aliphatic carbocycles. The van der Waals surface area contributed by atoms with Crippen LogP contribution in [-0.2, 0) is 16.1 Å². The summed E-state index contributed by atoms with van der Waals surface area (Å²) < 4.78 is 4.98. The van der Waals surface area contributed by atoms with Crippen molar-refractivity contribution in [1.82, 2.24) is 5.32 Å². The summed E-state index contributed by atoms with van der Waals surface area (Å²) in [5.74, 6) is -1.63. The van der Waals surface area contributed by atoms with Crippen LogP contribution in [0.15, 0.2) is 30.3 Å². The fourth-order valence-electron chi connectivity index (χ4n) is 1.66. The number of carbonyl (C=O) groups excluding carboxylic acids is 1. The first-order valence-electron chi connectivity index (χ1n) is 6.30. The van der Waals surface area contributed by atoms with Gasteiger partial charge in [-0.3, -0.25) is 0 Å². The molecule has 0 bridgehead atoms. The maximum Gasteiger partial charge on any atom is 0.407 e. The van der Waals surface area contributed by atoms with Crippen molar-refractivity contribution in [2.45, 2.75) is 32.6 Å². The molecule has 2 unspecified atom stereocenters. The second-order valence-electron chi connectivity index (χ2n) is 4.76. The van der Waals surface area contributed by atoms with Crippen LogP contribution in [0.1, 0.15) is 19.4 Å². The summed E-state index contributed by atoms with van der Waals surface area (Å²) >= 11 is 0. The molecule has 0 aliphatic heterocycles. The highest BCUT2D eigenvalue weighted by molar-refractivity contribution is 5.75. The van der Waals surface area contributed by atoms with Crippen LogP contribution in [0.3, 0.4) is 0 Å². The number of hydrogen-bond acceptors (Lipinski definition) is 4. The Morgan fingerprint density at radius 2 is 1.85 bits per heavy atom. The van der Waals surface area contributed by atoms with Gasteiger partial charge in [0.25, 0.3) is 0 Å². The Morgan fingerprint density at radius 3 is 2.35 bits per heavy atom. The molecule has 0 aliphatic rings. The van der Waals surface area contributed by atoms with E-state index in [4.69, 9.17) is 9.84 Å². The van der Waals surface area contributed by atoms with Gasteiger partial charge in [0.05, 0.1) is 6.04 Å². The quantitative estimate of drug-likeness (QED) is 0.732. The van der Waals surface area contributed by atoms with E-state index < -0.39 is 24.2 Å². The minimum Gasteiger partial charge on any atom is -0.479 e. The Balaban J connectivity index is 2.52. The van der Waals surface area contributed by atoms with Crippen LogP contribution in [0.25, 0.3) is 0 Å². The van der Waals surface area contributed by atoms with Gasteiger partial charge in [0.2, 0.25) is 0 Å². The van der Waals surface area contributed by atoms with Crippen molar-refractivity contribution in [3.8, 4) is 0 Å². The third-order valence-corrected chi connectivity index (χ3v) is 2.81. The lowest BCUT2D eigenvalue weighted by molar-refractivity contribution is -0.148. The molecule has 6 nitrogen and oxygen atoms in total. The highest BCUT2D eigenvalue weighted by Crippen LogP contribution is 2.08. The van der Waals surface area contributed by atoms with E-state index in [2.05, 4.69) is 5.32 Å². The van der Waals surface area contributed by atoms with Gasteiger partial charge in [-0.2, -0.15) is 0 Å². The van der Waals surface area contributed by atoms with Crippen LogP contribution in [0.4, 0.5) is 4.79 Å². The van der Waals surface area contributed by atoms with E-state index in [0.717, 1.165) is 5.56 Å². The first-order chi connectivity index (χ1) is 9.41. The number of aliphatic hydroxyl groups is 1. The standard InChI is InChI=1S/C14H19NO5/c1-9(2)11(12(16)13(17)18)15-14(19)20-8-10-6-4-3-5-7-10/h3-7,9,11-12,16H,8H2,1-2H3,(H,15,19)(H,17,18). The topological polar surface area (TPSA) is 95.9 Å². The second kappa shape index (κ2) is 7.49. The van der Waals surface area contributed by atoms with Crippen LogP contribution in [-0.4, -0.2) is 34.4 Å². The van der Waals surface area contributed by atoms with E-state index in [1.165, 1.54) is 0 Å². The van der Waals surface area contributed by atoms with Gasteiger partial charge >= 0.3 is 12.1 Å². The summed E-state index contributed by atoms with van der Waals surface area (Å²) in [6.45, 7) is 3.49. The molecule has 0 saturated carbocycles. The number of nitrogens with one attached hydrogen (secondary N) is 1. The molecule has 2 atom stereocenters. The average Bonchev–Trinajstić information content (AvgIpc) is 2.42. The van der Waals surface area contributed by atoms with Crippen molar-refractivity contribution < 1.29 is 24.5 Å². The predicted octanol–water partition coefficient (Wildman–Crippen LogP) is 1.38. The zero-order chi connectivity index (χ0) is 15.1. The zero-order valence-corrected chi connectivity index (χ0v) is 11.4. The van der Waals surface area contributed by atoms with Gasteiger partial charge in [-0.15, -0.1) is 0 Å². The summed E-state index contributed by atoms with van der Waals surface area (Å²) in [7, 11) is 0. The molecule has 0 radical (unpaired) electrons. The fourth-order valence-corrected chi connectivity index (χ4v) is 1.66. The van der Waals surface area contributed by atoms with E-state index in [0.29, 0.717) is 0 Å². The fraction of sp³-hybridized carbons (Fsp3) is 0.429. The number of ether oxygens (including phenoxy) is 1. The van der Waals surface area contributed by atoms with Crippen LogP contribution in [0.2, 0.25) is 0 Å². The Morgan fingerprint density at radius 1 is 1.25 bits per heavy atom. The van der Waals surface area contributed by atoms with Gasteiger partial charge in [0.15, 0.2) is 6.10 Å². The molecular formula is C14H19NO5. The van der Waals surface area contributed by atoms with Gasteiger partial charge in [-0.1, -0.05) is 44.2 Å². The minimum atomic E-state index is -1.67.